The van der Waals surface area contributed by atoms with Crippen LogP contribution in [0.3, 0.4) is 0 Å². The van der Waals surface area contributed by atoms with Crippen molar-refractivity contribution < 1.29 is 23.1 Å². The van der Waals surface area contributed by atoms with Crippen molar-refractivity contribution in [3.05, 3.63) is 45.8 Å². The highest BCUT2D eigenvalue weighted by Crippen LogP contribution is 2.44. The van der Waals surface area contributed by atoms with Crippen LogP contribution in [0.4, 0.5) is 5.00 Å². The predicted octanol–water partition coefficient (Wildman–Crippen LogP) is 3.98. The standard InChI is InChI=1S/C27H38N2O5S2/c1-17-7-5-6-8-22(17)34-15-20(30)14-28-26-24(25(31)29-19-11-12-36(32,33)16-19)21-10-9-18(27(2,3)4)13-23(21)35-26/h5-8,18-20,28,30H,9-16H2,1-4H3,(H,29,31). The third-order valence-electron chi connectivity index (χ3n) is 7.31. The van der Waals surface area contributed by atoms with Crippen LogP contribution >= 0.6 is 11.3 Å². The summed E-state index contributed by atoms with van der Waals surface area (Å²) in [7, 11) is -3.09. The van der Waals surface area contributed by atoms with Crippen molar-refractivity contribution >= 4 is 32.1 Å². The number of amides is 1. The van der Waals surface area contributed by atoms with E-state index in [4.69, 9.17) is 4.74 Å². The maximum Gasteiger partial charge on any atom is 0.254 e. The molecular formula is C27H38N2O5S2. The number of ether oxygens (including phenoxy) is 1. The van der Waals surface area contributed by atoms with E-state index in [1.165, 1.54) is 4.88 Å². The minimum atomic E-state index is -3.09. The molecule has 1 fully saturated rings. The number of carbonyl (C=O) groups is 1. The summed E-state index contributed by atoms with van der Waals surface area (Å²) in [6.07, 6.45) is 2.44. The topological polar surface area (TPSA) is 105 Å². The lowest BCUT2D eigenvalue weighted by Crippen LogP contribution is -2.36. The molecule has 1 aromatic carbocycles. The van der Waals surface area contributed by atoms with Gasteiger partial charge in [0.2, 0.25) is 0 Å². The molecule has 2 aliphatic rings. The van der Waals surface area contributed by atoms with Crippen LogP contribution in [0, 0.1) is 18.3 Å². The number of aryl methyl sites for hydroxylation is 1. The number of aliphatic hydroxyl groups is 1. The molecule has 3 atom stereocenters. The van der Waals surface area contributed by atoms with Crippen LogP contribution in [0.25, 0.3) is 0 Å². The molecule has 0 spiro atoms. The summed E-state index contributed by atoms with van der Waals surface area (Å²) in [5, 5.41) is 17.6. The Kier molecular flexibility index (Phi) is 8.02. The highest BCUT2D eigenvalue weighted by atomic mass is 32.2. The molecule has 36 heavy (non-hydrogen) atoms. The molecule has 9 heteroatoms. The molecular weight excluding hydrogens is 496 g/mol. The first-order valence-electron chi connectivity index (χ1n) is 12.7. The second-order valence-electron chi connectivity index (χ2n) is 11.2. The summed E-state index contributed by atoms with van der Waals surface area (Å²) in [6.45, 7) is 9.11. The van der Waals surface area contributed by atoms with Gasteiger partial charge in [-0.3, -0.25) is 4.79 Å². The Morgan fingerprint density at radius 1 is 1.25 bits per heavy atom. The van der Waals surface area contributed by atoms with Crippen molar-refractivity contribution in [3.63, 3.8) is 0 Å². The van der Waals surface area contributed by atoms with Crippen LogP contribution in [-0.2, 0) is 22.7 Å². The number of hydrogen-bond acceptors (Lipinski definition) is 7. The third kappa shape index (κ3) is 6.42. The Labute approximate surface area is 218 Å². The van der Waals surface area contributed by atoms with E-state index in [1.807, 2.05) is 31.2 Å². The molecule has 0 radical (unpaired) electrons. The van der Waals surface area contributed by atoms with Gasteiger partial charge in [-0.25, -0.2) is 8.42 Å². The number of benzene rings is 1. The molecule has 4 rings (SSSR count). The minimum Gasteiger partial charge on any atom is -0.491 e. The van der Waals surface area contributed by atoms with Gasteiger partial charge >= 0.3 is 0 Å². The lowest BCUT2D eigenvalue weighted by atomic mass is 9.72. The molecule has 198 valence electrons. The zero-order valence-corrected chi connectivity index (χ0v) is 23.2. The number of anilines is 1. The van der Waals surface area contributed by atoms with Crippen LogP contribution in [0.5, 0.6) is 5.75 Å². The Bertz CT molecular complexity index is 1200. The van der Waals surface area contributed by atoms with Crippen molar-refractivity contribution in [2.24, 2.45) is 11.3 Å². The van der Waals surface area contributed by atoms with E-state index in [0.29, 0.717) is 17.9 Å². The Morgan fingerprint density at radius 2 is 2.00 bits per heavy atom. The second kappa shape index (κ2) is 10.7. The Hall–Kier alpha value is -2.10. The smallest absolute Gasteiger partial charge is 0.254 e. The average Bonchev–Trinajstić information content (AvgIpc) is 3.34. The van der Waals surface area contributed by atoms with E-state index in [2.05, 4.69) is 31.4 Å². The highest BCUT2D eigenvalue weighted by Gasteiger charge is 2.35. The number of thiophene rings is 1. The van der Waals surface area contributed by atoms with E-state index in [-0.39, 0.29) is 42.0 Å². The number of nitrogens with one attached hydrogen (secondary N) is 2. The predicted molar refractivity (Wildman–Crippen MR) is 145 cm³/mol. The molecule has 2 aromatic rings. The lowest BCUT2D eigenvalue weighted by molar-refractivity contribution is 0.0940. The highest BCUT2D eigenvalue weighted by molar-refractivity contribution is 7.91. The quantitative estimate of drug-likeness (QED) is 0.473. The van der Waals surface area contributed by atoms with E-state index in [0.717, 1.165) is 41.1 Å². The third-order valence-corrected chi connectivity index (χ3v) is 10.3. The zero-order chi connectivity index (χ0) is 26.1. The van der Waals surface area contributed by atoms with Gasteiger partial charge in [0.15, 0.2) is 9.84 Å². The molecule has 3 unspecified atom stereocenters. The van der Waals surface area contributed by atoms with E-state index >= 15 is 0 Å². The van der Waals surface area contributed by atoms with Crippen LogP contribution in [-0.4, -0.2) is 56.2 Å². The first-order chi connectivity index (χ1) is 16.9. The molecule has 1 aliphatic heterocycles. The normalized spacial score (nSPS) is 22.0. The molecule has 2 heterocycles. The number of fused-ring (bicyclic) bond motifs is 1. The molecule has 1 aromatic heterocycles. The molecule has 3 N–H and O–H groups in total. The number of para-hydroxylation sites is 1. The van der Waals surface area contributed by atoms with E-state index in [9.17, 15) is 18.3 Å². The summed E-state index contributed by atoms with van der Waals surface area (Å²) in [4.78, 5) is 14.6. The zero-order valence-electron chi connectivity index (χ0n) is 21.6. The molecule has 1 amide bonds. The van der Waals surface area contributed by atoms with Gasteiger partial charge in [0.05, 0.1) is 17.1 Å². The average molecular weight is 535 g/mol. The van der Waals surface area contributed by atoms with Gasteiger partial charge in [-0.15, -0.1) is 11.3 Å². The van der Waals surface area contributed by atoms with Gasteiger partial charge in [0.1, 0.15) is 23.5 Å². The van der Waals surface area contributed by atoms with Crippen LogP contribution in [0.15, 0.2) is 24.3 Å². The van der Waals surface area contributed by atoms with Crippen molar-refractivity contribution in [3.8, 4) is 5.75 Å². The van der Waals surface area contributed by atoms with E-state index in [1.54, 1.807) is 11.3 Å². The van der Waals surface area contributed by atoms with Gasteiger partial charge in [0, 0.05) is 17.5 Å². The molecule has 1 aliphatic carbocycles. The largest absolute Gasteiger partial charge is 0.491 e. The maximum atomic E-state index is 13.4. The number of sulfone groups is 1. The van der Waals surface area contributed by atoms with Crippen molar-refractivity contribution in [1.29, 1.82) is 0 Å². The lowest BCUT2D eigenvalue weighted by Gasteiger charge is -2.33. The summed E-state index contributed by atoms with van der Waals surface area (Å²) in [6, 6.07) is 7.32. The summed E-state index contributed by atoms with van der Waals surface area (Å²) in [5.74, 6) is 1.15. The molecule has 1 saturated heterocycles. The van der Waals surface area contributed by atoms with E-state index < -0.39 is 15.9 Å². The van der Waals surface area contributed by atoms with Crippen LogP contribution in [0.2, 0.25) is 0 Å². The fourth-order valence-corrected chi connectivity index (χ4v) is 8.04. The monoisotopic (exact) mass is 534 g/mol. The maximum absolute atomic E-state index is 13.4. The van der Waals surface area contributed by atoms with Crippen LogP contribution < -0.4 is 15.4 Å². The van der Waals surface area contributed by atoms with Crippen molar-refractivity contribution in [1.82, 2.24) is 5.32 Å². The van der Waals surface area contributed by atoms with Crippen molar-refractivity contribution in [2.75, 3.05) is 30.0 Å². The molecule has 7 nitrogen and oxygen atoms in total. The Balaban J connectivity index is 1.49. The Morgan fingerprint density at radius 3 is 2.67 bits per heavy atom. The summed E-state index contributed by atoms with van der Waals surface area (Å²) < 4.78 is 29.6. The first-order valence-corrected chi connectivity index (χ1v) is 15.3. The van der Waals surface area contributed by atoms with Gasteiger partial charge in [-0.05, 0) is 61.1 Å². The number of rotatable bonds is 8. The SMILES string of the molecule is Cc1ccccc1OCC(O)CNc1sc2c(c1C(=O)NC1CCS(=O)(=O)C1)CCC(C(C)(C)C)C2. The summed E-state index contributed by atoms with van der Waals surface area (Å²) >= 11 is 1.58. The summed E-state index contributed by atoms with van der Waals surface area (Å²) in [5.41, 5.74) is 2.86. The van der Waals surface area contributed by atoms with Gasteiger partial charge < -0.3 is 20.5 Å². The first kappa shape index (κ1) is 26.9. The molecule has 0 saturated carbocycles. The number of aliphatic hydroxyl groups excluding tert-OH is 1. The second-order valence-corrected chi connectivity index (χ2v) is 14.5. The number of carbonyl (C=O) groups excluding carboxylic acids is 1. The van der Waals surface area contributed by atoms with Gasteiger partial charge in [-0.1, -0.05) is 39.0 Å². The minimum absolute atomic E-state index is 0.00508. The van der Waals surface area contributed by atoms with Gasteiger partial charge in [0.25, 0.3) is 5.91 Å². The fourth-order valence-electron chi connectivity index (χ4n) is 5.03. The van der Waals surface area contributed by atoms with Gasteiger partial charge in [-0.2, -0.15) is 0 Å². The molecule has 0 bridgehead atoms. The van der Waals surface area contributed by atoms with Crippen molar-refractivity contribution in [2.45, 2.75) is 65.5 Å². The fraction of sp³-hybridized carbons (Fsp3) is 0.593. The van der Waals surface area contributed by atoms with Crippen LogP contribution in [0.1, 0.15) is 60.0 Å². The number of hydrogen-bond donors (Lipinski definition) is 3.